The van der Waals surface area contributed by atoms with Crippen LogP contribution in [0.3, 0.4) is 0 Å². The highest BCUT2D eigenvalue weighted by Crippen LogP contribution is 2.35. The van der Waals surface area contributed by atoms with Crippen molar-refractivity contribution in [2.45, 2.75) is 56.7 Å². The van der Waals surface area contributed by atoms with Crippen LogP contribution < -0.4 is 21.1 Å². The van der Waals surface area contributed by atoms with E-state index in [1.165, 1.54) is 6.33 Å². The van der Waals surface area contributed by atoms with Crippen molar-refractivity contribution < 1.29 is 19.1 Å². The number of benzene rings is 2. The number of aromatic nitrogens is 4. The number of likely N-dealkylation sites (tertiary alicyclic amines) is 2. The summed E-state index contributed by atoms with van der Waals surface area (Å²) in [6.45, 7) is 3.01. The Kier molecular flexibility index (Phi) is 8.22. The Bertz CT molecular complexity index is 1740. The molecule has 2 aromatic heterocycles. The lowest BCUT2D eigenvalue weighted by Gasteiger charge is -2.42. The Morgan fingerprint density at radius 3 is 2.43 bits per heavy atom. The number of piperidine rings is 3. The van der Waals surface area contributed by atoms with E-state index in [9.17, 15) is 14.4 Å². The van der Waals surface area contributed by atoms with E-state index in [1.54, 1.807) is 4.90 Å². The molecule has 13 nitrogen and oxygen atoms in total. The van der Waals surface area contributed by atoms with Gasteiger partial charge in [0.05, 0.1) is 11.4 Å². The standard InChI is InChI=1S/C33H37N9O4/c34-30-28-29(21-8-10-25(11-9-21)46-24-6-2-1-3-7-24)39-42(31(28)36-20-35-30)23-5-4-16-41(19-23)22-14-17-40(18-15-22)33(45)37-26-12-13-27(43)38-32(26)44/h1-3,6-11,20,22-23,26H,4-5,12-19H2,(H,37,45)(H2,34,35,36)(H,38,43,44)/t23-,26?/m1/s1. The van der Waals surface area contributed by atoms with Gasteiger partial charge < -0.3 is 20.7 Å². The van der Waals surface area contributed by atoms with E-state index < -0.39 is 11.9 Å². The summed E-state index contributed by atoms with van der Waals surface area (Å²) in [5.74, 6) is 1.16. The van der Waals surface area contributed by atoms with E-state index in [0.717, 1.165) is 72.6 Å². The molecule has 1 unspecified atom stereocenters. The predicted octanol–water partition coefficient (Wildman–Crippen LogP) is 3.48. The van der Waals surface area contributed by atoms with Gasteiger partial charge in [-0.2, -0.15) is 5.10 Å². The summed E-state index contributed by atoms with van der Waals surface area (Å²) in [5.41, 5.74) is 8.78. The summed E-state index contributed by atoms with van der Waals surface area (Å²) in [7, 11) is 0. The second-order valence-corrected chi connectivity index (χ2v) is 12.2. The second-order valence-electron chi connectivity index (χ2n) is 12.2. The Labute approximate surface area is 266 Å². The van der Waals surface area contributed by atoms with E-state index in [-0.39, 0.29) is 24.4 Å². The molecule has 5 heterocycles. The number of nitrogens with one attached hydrogen (secondary N) is 2. The van der Waals surface area contributed by atoms with Gasteiger partial charge in [-0.25, -0.2) is 19.4 Å². The fourth-order valence-electron chi connectivity index (χ4n) is 6.78. The molecule has 0 saturated carbocycles. The Hall–Kier alpha value is -5.04. The molecule has 3 saturated heterocycles. The normalized spacial score (nSPS) is 21.3. The minimum atomic E-state index is -0.669. The number of hydrogen-bond donors (Lipinski definition) is 3. The third-order valence-electron chi connectivity index (χ3n) is 9.20. The van der Waals surface area contributed by atoms with Crippen molar-refractivity contribution >= 4 is 34.7 Å². The van der Waals surface area contributed by atoms with Crippen molar-refractivity contribution in [3.8, 4) is 22.8 Å². The Morgan fingerprint density at radius 1 is 0.913 bits per heavy atom. The Balaban J connectivity index is 1.03. The summed E-state index contributed by atoms with van der Waals surface area (Å²) < 4.78 is 8.00. The van der Waals surface area contributed by atoms with E-state index in [4.69, 9.17) is 15.6 Å². The average molecular weight is 624 g/mol. The van der Waals surface area contributed by atoms with Crippen LogP contribution in [0.1, 0.15) is 44.6 Å². The maximum absolute atomic E-state index is 12.9. The fraction of sp³-hybridized carbons (Fsp3) is 0.394. The van der Waals surface area contributed by atoms with Gasteiger partial charge in [0.1, 0.15) is 35.4 Å². The summed E-state index contributed by atoms with van der Waals surface area (Å²) in [6.07, 6.45) is 5.72. The minimum absolute atomic E-state index is 0.105. The number of amides is 4. The topological polar surface area (TPSA) is 161 Å². The first kappa shape index (κ1) is 29.7. The number of nitrogen functional groups attached to an aromatic ring is 1. The van der Waals surface area contributed by atoms with Gasteiger partial charge in [0.25, 0.3) is 0 Å². The highest BCUT2D eigenvalue weighted by Gasteiger charge is 2.34. The molecule has 2 aromatic carbocycles. The van der Waals surface area contributed by atoms with Gasteiger partial charge in [-0.3, -0.25) is 19.8 Å². The van der Waals surface area contributed by atoms with Crippen LogP contribution in [0.4, 0.5) is 10.6 Å². The van der Waals surface area contributed by atoms with Crippen molar-refractivity contribution in [2.75, 3.05) is 31.9 Å². The number of ether oxygens (including phenoxy) is 1. The summed E-state index contributed by atoms with van der Waals surface area (Å²) in [6, 6.07) is 17.0. The molecule has 13 heteroatoms. The zero-order valence-electron chi connectivity index (χ0n) is 25.5. The van der Waals surface area contributed by atoms with Crippen LogP contribution in [0, 0.1) is 0 Å². The number of nitrogens with two attached hydrogens (primary N) is 1. The molecule has 0 bridgehead atoms. The first-order chi connectivity index (χ1) is 22.4. The maximum Gasteiger partial charge on any atom is 0.318 e. The first-order valence-corrected chi connectivity index (χ1v) is 15.9. The lowest BCUT2D eigenvalue weighted by Crippen LogP contribution is -2.57. The molecule has 46 heavy (non-hydrogen) atoms. The van der Waals surface area contributed by atoms with Gasteiger partial charge in [0.15, 0.2) is 5.65 Å². The second kappa shape index (κ2) is 12.8. The number of rotatable bonds is 6. The number of carbonyl (C=O) groups is 3. The van der Waals surface area contributed by atoms with Crippen molar-refractivity contribution in [1.82, 2.24) is 40.2 Å². The fourth-order valence-corrected chi connectivity index (χ4v) is 6.78. The lowest BCUT2D eigenvalue weighted by molar-refractivity contribution is -0.134. The molecule has 7 rings (SSSR count). The maximum atomic E-state index is 12.9. The van der Waals surface area contributed by atoms with Crippen LogP contribution in [0.2, 0.25) is 0 Å². The monoisotopic (exact) mass is 623 g/mol. The first-order valence-electron chi connectivity index (χ1n) is 15.9. The number of urea groups is 1. The van der Waals surface area contributed by atoms with Gasteiger partial charge >= 0.3 is 6.03 Å². The van der Waals surface area contributed by atoms with E-state index >= 15 is 0 Å². The van der Waals surface area contributed by atoms with Crippen molar-refractivity contribution in [2.24, 2.45) is 0 Å². The van der Waals surface area contributed by atoms with Crippen LogP contribution in [0.15, 0.2) is 60.9 Å². The SMILES string of the molecule is Nc1ncnc2c1c(-c1ccc(Oc3ccccc3)cc1)nn2[C@@H]1CCCN(C2CCN(C(=O)NC3CCC(=O)NC3=O)CC2)C1. The van der Waals surface area contributed by atoms with E-state index in [1.807, 2.05) is 59.3 Å². The number of anilines is 1. The number of imide groups is 1. The molecule has 0 spiro atoms. The number of nitrogens with zero attached hydrogens (tertiary/aromatic N) is 6. The third kappa shape index (κ3) is 6.10. The molecule has 3 fully saturated rings. The zero-order chi connectivity index (χ0) is 31.6. The average Bonchev–Trinajstić information content (AvgIpc) is 3.48. The Morgan fingerprint density at radius 2 is 1.67 bits per heavy atom. The zero-order valence-corrected chi connectivity index (χ0v) is 25.5. The molecule has 238 valence electrons. The summed E-state index contributed by atoms with van der Waals surface area (Å²) in [4.78, 5) is 49.6. The van der Waals surface area contributed by atoms with Gasteiger partial charge in [-0.15, -0.1) is 0 Å². The number of para-hydroxylation sites is 1. The molecule has 3 aliphatic heterocycles. The quantitative estimate of drug-likeness (QED) is 0.273. The van der Waals surface area contributed by atoms with Crippen molar-refractivity contribution in [1.29, 1.82) is 0 Å². The van der Waals surface area contributed by atoms with E-state index in [2.05, 4.69) is 25.5 Å². The molecular weight excluding hydrogens is 586 g/mol. The number of hydrogen-bond acceptors (Lipinski definition) is 9. The molecule has 3 aliphatic rings. The third-order valence-corrected chi connectivity index (χ3v) is 9.20. The van der Waals surface area contributed by atoms with Gasteiger partial charge in [-0.05, 0) is 75.0 Å². The highest BCUT2D eigenvalue weighted by atomic mass is 16.5. The van der Waals surface area contributed by atoms with Crippen LogP contribution in [0.25, 0.3) is 22.3 Å². The predicted molar refractivity (Wildman–Crippen MR) is 171 cm³/mol. The summed E-state index contributed by atoms with van der Waals surface area (Å²) >= 11 is 0. The van der Waals surface area contributed by atoms with Crippen LogP contribution in [-0.4, -0.2) is 85.7 Å². The molecule has 4 aromatic rings. The van der Waals surface area contributed by atoms with Crippen molar-refractivity contribution in [3.63, 3.8) is 0 Å². The van der Waals surface area contributed by atoms with Gasteiger partial charge in [0, 0.05) is 37.7 Å². The largest absolute Gasteiger partial charge is 0.457 e. The van der Waals surface area contributed by atoms with Crippen molar-refractivity contribution in [3.05, 3.63) is 60.9 Å². The van der Waals surface area contributed by atoms with Crippen LogP contribution in [0.5, 0.6) is 11.5 Å². The molecule has 4 N–H and O–H groups in total. The molecule has 4 amide bonds. The smallest absolute Gasteiger partial charge is 0.318 e. The van der Waals surface area contributed by atoms with Gasteiger partial charge in [-0.1, -0.05) is 18.2 Å². The van der Waals surface area contributed by atoms with Crippen LogP contribution in [-0.2, 0) is 9.59 Å². The molecule has 2 atom stereocenters. The van der Waals surface area contributed by atoms with E-state index in [0.29, 0.717) is 31.4 Å². The molecular formula is C33H37N9O4. The number of fused-ring (bicyclic) bond motifs is 1. The van der Waals surface area contributed by atoms with Gasteiger partial charge in [0.2, 0.25) is 11.8 Å². The molecule has 0 radical (unpaired) electrons. The molecule has 0 aliphatic carbocycles. The summed E-state index contributed by atoms with van der Waals surface area (Å²) in [5, 5.41) is 10.9. The minimum Gasteiger partial charge on any atom is -0.457 e. The van der Waals surface area contributed by atoms with Crippen LogP contribution >= 0.6 is 0 Å². The number of carbonyl (C=O) groups excluding carboxylic acids is 3. The lowest BCUT2D eigenvalue weighted by atomic mass is 9.98. The highest BCUT2D eigenvalue weighted by molar-refractivity contribution is 6.01.